The molecule has 0 aliphatic heterocycles. The molecule has 2 heteroatoms. The van der Waals surface area contributed by atoms with Crippen LogP contribution in [0.4, 0.5) is 0 Å². The lowest BCUT2D eigenvalue weighted by molar-refractivity contribution is 0.202. The topological polar surface area (TPSA) is 20.2 Å². The number of rotatable bonds is 5. The molecule has 0 saturated heterocycles. The largest absolute Gasteiger partial charge is 0.389 e. The van der Waals surface area contributed by atoms with E-state index in [1.54, 1.807) is 0 Å². The molecule has 1 fully saturated rings. The highest BCUT2D eigenvalue weighted by Gasteiger charge is 2.13. The summed E-state index contributed by atoms with van der Waals surface area (Å²) in [5, 5.41) is 9.49. The zero-order valence-corrected chi connectivity index (χ0v) is 10.9. The van der Waals surface area contributed by atoms with Gasteiger partial charge in [0.15, 0.2) is 0 Å². The molecule has 1 aliphatic carbocycles. The molecular formula is C12H21IO. The molecule has 0 aromatic rings. The Hall–Kier alpha value is 0.430. The highest BCUT2D eigenvalue weighted by Crippen LogP contribution is 2.27. The minimum atomic E-state index is -0.213. The molecule has 1 nitrogen and oxygen atoms in total. The third-order valence-electron chi connectivity index (χ3n) is 3.13. The lowest BCUT2D eigenvalue weighted by Gasteiger charge is -2.21. The van der Waals surface area contributed by atoms with Gasteiger partial charge in [0.1, 0.15) is 0 Å². The molecule has 1 aliphatic rings. The van der Waals surface area contributed by atoms with Crippen LogP contribution in [0.2, 0.25) is 0 Å². The summed E-state index contributed by atoms with van der Waals surface area (Å²) in [4.78, 5) is 0. The van der Waals surface area contributed by atoms with E-state index in [9.17, 15) is 5.11 Å². The summed E-state index contributed by atoms with van der Waals surface area (Å²) in [5.74, 6) is 0.958. The second kappa shape index (κ2) is 7.69. The Labute approximate surface area is 101 Å². The number of hydrogen-bond acceptors (Lipinski definition) is 1. The summed E-state index contributed by atoms with van der Waals surface area (Å²) in [6.07, 6.45) is 12.3. The Morgan fingerprint density at radius 1 is 1.29 bits per heavy atom. The summed E-state index contributed by atoms with van der Waals surface area (Å²) in [6, 6.07) is 0. The van der Waals surface area contributed by atoms with Crippen molar-refractivity contribution < 1.29 is 5.11 Å². The van der Waals surface area contributed by atoms with Crippen molar-refractivity contribution in [2.75, 3.05) is 0 Å². The molecule has 1 saturated carbocycles. The van der Waals surface area contributed by atoms with Crippen molar-refractivity contribution in [3.63, 3.8) is 0 Å². The van der Waals surface area contributed by atoms with Gasteiger partial charge in [0, 0.05) is 0 Å². The predicted molar refractivity (Wildman–Crippen MR) is 69.6 cm³/mol. The van der Waals surface area contributed by atoms with Crippen molar-refractivity contribution in [3.8, 4) is 0 Å². The van der Waals surface area contributed by atoms with Gasteiger partial charge >= 0.3 is 0 Å². The third kappa shape index (κ3) is 5.35. The van der Waals surface area contributed by atoms with Crippen LogP contribution in [0.3, 0.4) is 0 Å². The molecule has 0 spiro atoms. The van der Waals surface area contributed by atoms with Gasteiger partial charge in [-0.3, -0.25) is 0 Å². The lowest BCUT2D eigenvalue weighted by atomic mass is 9.85. The van der Waals surface area contributed by atoms with Gasteiger partial charge in [-0.05, 0) is 16.4 Å². The van der Waals surface area contributed by atoms with Gasteiger partial charge in [0.05, 0.1) is 6.10 Å². The Balaban J connectivity index is 2.02. The zero-order chi connectivity index (χ0) is 10.2. The number of aliphatic hydroxyl groups excluding tert-OH is 1. The number of hydrogen-bond donors (Lipinski definition) is 1. The molecular weight excluding hydrogens is 287 g/mol. The van der Waals surface area contributed by atoms with Crippen LogP contribution in [0.1, 0.15) is 51.4 Å². The van der Waals surface area contributed by atoms with E-state index in [-0.39, 0.29) is 6.10 Å². The van der Waals surface area contributed by atoms with E-state index in [0.717, 1.165) is 12.3 Å². The van der Waals surface area contributed by atoms with Crippen molar-refractivity contribution in [3.05, 3.63) is 10.2 Å². The van der Waals surface area contributed by atoms with E-state index in [2.05, 4.69) is 22.6 Å². The fourth-order valence-corrected chi connectivity index (χ4v) is 2.75. The highest BCUT2D eigenvalue weighted by atomic mass is 127. The molecule has 82 valence electrons. The van der Waals surface area contributed by atoms with Crippen molar-refractivity contribution in [1.29, 1.82) is 0 Å². The Kier molecular flexibility index (Phi) is 6.86. The lowest BCUT2D eigenvalue weighted by Crippen LogP contribution is -2.08. The van der Waals surface area contributed by atoms with Crippen LogP contribution in [0, 0.1) is 5.92 Å². The number of halogens is 1. The van der Waals surface area contributed by atoms with Crippen molar-refractivity contribution >= 4 is 22.6 Å². The van der Waals surface area contributed by atoms with E-state index in [0.29, 0.717) is 0 Å². The van der Waals surface area contributed by atoms with Crippen LogP contribution in [-0.4, -0.2) is 11.2 Å². The molecule has 0 bridgehead atoms. The average molecular weight is 308 g/mol. The van der Waals surface area contributed by atoms with Crippen LogP contribution in [0.5, 0.6) is 0 Å². The van der Waals surface area contributed by atoms with Crippen LogP contribution in [0.25, 0.3) is 0 Å². The average Bonchev–Trinajstić information content (AvgIpc) is 2.20. The quantitative estimate of drug-likeness (QED) is 0.760. The molecule has 1 atom stereocenters. The van der Waals surface area contributed by atoms with E-state index < -0.39 is 0 Å². The maximum atomic E-state index is 9.49. The molecule has 0 radical (unpaired) electrons. The van der Waals surface area contributed by atoms with Crippen molar-refractivity contribution in [2.24, 2.45) is 5.92 Å². The van der Waals surface area contributed by atoms with Gasteiger partial charge in [-0.25, -0.2) is 0 Å². The van der Waals surface area contributed by atoms with Crippen molar-refractivity contribution in [2.45, 2.75) is 57.5 Å². The zero-order valence-electron chi connectivity index (χ0n) is 8.79. The first kappa shape index (κ1) is 12.5. The summed E-state index contributed by atoms with van der Waals surface area (Å²) in [6.45, 7) is 0. The third-order valence-corrected chi connectivity index (χ3v) is 3.55. The van der Waals surface area contributed by atoms with Gasteiger partial charge in [-0.15, -0.1) is 0 Å². The molecule has 0 amide bonds. The fraction of sp³-hybridized carbons (Fsp3) is 0.833. The highest BCUT2D eigenvalue weighted by molar-refractivity contribution is 14.1. The van der Waals surface area contributed by atoms with E-state index in [1.807, 2.05) is 10.2 Å². The van der Waals surface area contributed by atoms with Crippen LogP contribution >= 0.6 is 22.6 Å². The molecule has 0 aromatic heterocycles. The normalized spacial score (nSPS) is 21.6. The molecule has 1 rings (SSSR count). The van der Waals surface area contributed by atoms with Gasteiger partial charge in [0.25, 0.3) is 0 Å². The standard InChI is InChI=1S/C12H21IO/c13-10-9-12(14)8-4-7-11-5-2-1-3-6-11/h9-12,14H,1-8H2/b10-9+. The first-order valence-electron chi connectivity index (χ1n) is 5.78. The SMILES string of the molecule is OC(/C=C/I)CCCC1CCCCC1. The minimum Gasteiger partial charge on any atom is -0.389 e. The maximum Gasteiger partial charge on any atom is 0.0728 e. The maximum absolute atomic E-state index is 9.49. The van der Waals surface area contributed by atoms with Gasteiger partial charge in [0.2, 0.25) is 0 Å². The van der Waals surface area contributed by atoms with Gasteiger partial charge < -0.3 is 5.11 Å². The van der Waals surface area contributed by atoms with E-state index in [4.69, 9.17) is 0 Å². The molecule has 1 unspecified atom stereocenters. The Bertz CT molecular complexity index is 162. The molecule has 1 N–H and O–H groups in total. The van der Waals surface area contributed by atoms with Crippen molar-refractivity contribution in [1.82, 2.24) is 0 Å². The second-order valence-electron chi connectivity index (χ2n) is 4.32. The number of aliphatic hydroxyl groups is 1. The first-order valence-corrected chi connectivity index (χ1v) is 7.02. The molecule has 14 heavy (non-hydrogen) atoms. The van der Waals surface area contributed by atoms with E-state index >= 15 is 0 Å². The smallest absolute Gasteiger partial charge is 0.0728 e. The summed E-state index contributed by atoms with van der Waals surface area (Å²) < 4.78 is 1.91. The van der Waals surface area contributed by atoms with E-state index in [1.165, 1.54) is 44.9 Å². The Morgan fingerprint density at radius 3 is 2.64 bits per heavy atom. The Morgan fingerprint density at radius 2 is 2.00 bits per heavy atom. The second-order valence-corrected chi connectivity index (χ2v) is 5.04. The van der Waals surface area contributed by atoms with Crippen LogP contribution in [0.15, 0.2) is 10.2 Å². The summed E-state index contributed by atoms with van der Waals surface area (Å²) >= 11 is 2.16. The predicted octanol–water partition coefficient (Wildman–Crippen LogP) is 4.05. The van der Waals surface area contributed by atoms with Crippen LogP contribution < -0.4 is 0 Å². The van der Waals surface area contributed by atoms with Gasteiger partial charge in [-0.1, -0.05) is 73.6 Å². The monoisotopic (exact) mass is 308 g/mol. The van der Waals surface area contributed by atoms with Gasteiger partial charge in [-0.2, -0.15) is 0 Å². The minimum absolute atomic E-state index is 0.213. The molecule has 0 heterocycles. The fourth-order valence-electron chi connectivity index (χ4n) is 2.27. The van der Waals surface area contributed by atoms with Crippen LogP contribution in [-0.2, 0) is 0 Å². The summed E-state index contributed by atoms with van der Waals surface area (Å²) in [5.41, 5.74) is 0. The summed E-state index contributed by atoms with van der Waals surface area (Å²) in [7, 11) is 0. The first-order chi connectivity index (χ1) is 6.83. The molecule has 0 aromatic carbocycles.